The molecule has 0 radical (unpaired) electrons. The topological polar surface area (TPSA) is 54.3 Å². The molecule has 0 bridgehead atoms. The summed E-state index contributed by atoms with van der Waals surface area (Å²) in [5.74, 6) is 0.196. The molecule has 0 spiro atoms. The van der Waals surface area contributed by atoms with Gasteiger partial charge in [-0.1, -0.05) is 30.3 Å². The van der Waals surface area contributed by atoms with Crippen LogP contribution < -0.4 is 0 Å². The second-order valence-electron chi connectivity index (χ2n) is 6.48. The number of hydrogen-bond donors (Lipinski definition) is 0. The van der Waals surface area contributed by atoms with Crippen LogP contribution in [0.4, 0.5) is 0 Å². The lowest BCUT2D eigenvalue weighted by Gasteiger charge is -2.35. The van der Waals surface area contributed by atoms with Crippen molar-refractivity contribution in [2.45, 2.75) is 45.3 Å². The quantitative estimate of drug-likeness (QED) is 0.776. The summed E-state index contributed by atoms with van der Waals surface area (Å²) in [6, 6.07) is 10.2. The second-order valence-corrected chi connectivity index (χ2v) is 6.48. The summed E-state index contributed by atoms with van der Waals surface area (Å²) in [6.45, 7) is 7.27. The van der Waals surface area contributed by atoms with E-state index in [1.807, 2.05) is 41.6 Å². The molecule has 1 aliphatic rings. The minimum Gasteiger partial charge on any atom is -0.342 e. The lowest BCUT2D eigenvalue weighted by Crippen LogP contribution is -2.46. The van der Waals surface area contributed by atoms with Gasteiger partial charge in [0.2, 0.25) is 5.91 Å². The Bertz CT molecular complexity index is 654. The van der Waals surface area contributed by atoms with Crippen LogP contribution in [0.1, 0.15) is 38.3 Å². The number of carbonyl (C=O) groups excluding carboxylic acids is 1. The van der Waals surface area contributed by atoms with E-state index < -0.39 is 0 Å². The van der Waals surface area contributed by atoms with E-state index in [1.165, 1.54) is 0 Å². The first-order valence-electron chi connectivity index (χ1n) is 9.16. The molecule has 6 nitrogen and oxygen atoms in total. The Kier molecular flexibility index (Phi) is 5.81. The molecule has 1 aromatic carbocycles. The maximum atomic E-state index is 13.3. The van der Waals surface area contributed by atoms with Gasteiger partial charge in [0.15, 0.2) is 0 Å². The number of nitrogens with zero attached hydrogens (tertiary/aromatic N) is 5. The van der Waals surface area contributed by atoms with Gasteiger partial charge in [-0.3, -0.25) is 14.4 Å². The summed E-state index contributed by atoms with van der Waals surface area (Å²) in [6.07, 6.45) is 5.50. The van der Waals surface area contributed by atoms with E-state index >= 15 is 0 Å². The van der Waals surface area contributed by atoms with Gasteiger partial charge in [0, 0.05) is 19.1 Å². The Morgan fingerprint density at radius 1 is 1.28 bits per heavy atom. The first-order chi connectivity index (χ1) is 12.2. The number of likely N-dealkylation sites (N-methyl/N-ethyl adjacent to an activating group) is 1. The van der Waals surface area contributed by atoms with Crippen molar-refractivity contribution < 1.29 is 4.79 Å². The van der Waals surface area contributed by atoms with E-state index in [-0.39, 0.29) is 11.9 Å². The molecule has 2 heterocycles. The summed E-state index contributed by atoms with van der Waals surface area (Å²) < 4.78 is 1.87. The number of rotatable bonds is 7. The van der Waals surface area contributed by atoms with Gasteiger partial charge in [0.25, 0.3) is 0 Å². The standard InChI is InChI=1S/C19H27N5O/c1-3-22(4-2)19(25)18(16-9-6-5-7-10-16)24-12-8-11-17(24)13-23-15-20-14-21-23/h5-7,9-10,14-15,17-18H,3-4,8,11-13H2,1-2H3. The van der Waals surface area contributed by atoms with Crippen LogP contribution in [0.2, 0.25) is 0 Å². The number of likely N-dealkylation sites (tertiary alicyclic amines) is 1. The molecule has 3 rings (SSSR count). The first-order valence-corrected chi connectivity index (χ1v) is 9.16. The highest BCUT2D eigenvalue weighted by Gasteiger charge is 2.37. The Labute approximate surface area is 149 Å². The zero-order valence-electron chi connectivity index (χ0n) is 15.1. The molecular formula is C19H27N5O. The number of hydrogen-bond acceptors (Lipinski definition) is 4. The van der Waals surface area contributed by atoms with Crippen molar-refractivity contribution in [1.29, 1.82) is 0 Å². The fraction of sp³-hybridized carbons (Fsp3) is 0.526. The zero-order chi connectivity index (χ0) is 17.6. The number of amides is 1. The van der Waals surface area contributed by atoms with Crippen LogP contribution in [0.25, 0.3) is 0 Å². The smallest absolute Gasteiger partial charge is 0.244 e. The van der Waals surface area contributed by atoms with Gasteiger partial charge in [-0.15, -0.1) is 0 Å². The third kappa shape index (κ3) is 3.90. The average Bonchev–Trinajstić information content (AvgIpc) is 3.30. The minimum atomic E-state index is -0.225. The Balaban J connectivity index is 1.88. The van der Waals surface area contributed by atoms with Crippen LogP contribution in [-0.2, 0) is 11.3 Å². The third-order valence-electron chi connectivity index (χ3n) is 5.04. The van der Waals surface area contributed by atoms with E-state index in [1.54, 1.807) is 12.7 Å². The number of benzene rings is 1. The number of carbonyl (C=O) groups is 1. The summed E-state index contributed by atoms with van der Waals surface area (Å²) in [5, 5.41) is 4.24. The van der Waals surface area contributed by atoms with Crippen molar-refractivity contribution in [3.8, 4) is 0 Å². The molecule has 25 heavy (non-hydrogen) atoms. The molecule has 0 saturated carbocycles. The lowest BCUT2D eigenvalue weighted by molar-refractivity contribution is -0.137. The summed E-state index contributed by atoms with van der Waals surface area (Å²) in [5.41, 5.74) is 1.07. The van der Waals surface area contributed by atoms with Gasteiger partial charge in [0.05, 0.1) is 6.54 Å². The Hall–Kier alpha value is -2.21. The molecule has 2 atom stereocenters. The van der Waals surface area contributed by atoms with Gasteiger partial charge < -0.3 is 4.90 Å². The van der Waals surface area contributed by atoms with E-state index in [9.17, 15) is 4.79 Å². The minimum absolute atomic E-state index is 0.196. The highest BCUT2D eigenvalue weighted by atomic mass is 16.2. The van der Waals surface area contributed by atoms with Gasteiger partial charge >= 0.3 is 0 Å². The molecule has 0 aliphatic carbocycles. The molecule has 1 fully saturated rings. The summed E-state index contributed by atoms with van der Waals surface area (Å²) >= 11 is 0. The highest BCUT2D eigenvalue weighted by Crippen LogP contribution is 2.31. The van der Waals surface area contributed by atoms with E-state index in [2.05, 4.69) is 27.1 Å². The second kappa shape index (κ2) is 8.25. The largest absolute Gasteiger partial charge is 0.342 e. The van der Waals surface area contributed by atoms with Crippen LogP contribution in [0, 0.1) is 0 Å². The van der Waals surface area contributed by atoms with Gasteiger partial charge in [-0.25, -0.2) is 4.98 Å². The molecular weight excluding hydrogens is 314 g/mol. The van der Waals surface area contributed by atoms with Crippen molar-refractivity contribution >= 4 is 5.91 Å². The van der Waals surface area contributed by atoms with Crippen molar-refractivity contribution in [2.24, 2.45) is 0 Å². The van der Waals surface area contributed by atoms with E-state index in [0.29, 0.717) is 6.04 Å². The SMILES string of the molecule is CCN(CC)C(=O)C(c1ccccc1)N1CCCC1Cn1cncn1. The molecule has 6 heteroatoms. The fourth-order valence-corrected chi connectivity index (χ4v) is 3.76. The maximum Gasteiger partial charge on any atom is 0.244 e. The normalized spacial score (nSPS) is 19.0. The van der Waals surface area contributed by atoms with Crippen LogP contribution in [-0.4, -0.2) is 56.1 Å². The van der Waals surface area contributed by atoms with Gasteiger partial charge in [-0.05, 0) is 38.8 Å². The molecule has 1 saturated heterocycles. The van der Waals surface area contributed by atoms with E-state index in [4.69, 9.17) is 0 Å². The summed E-state index contributed by atoms with van der Waals surface area (Å²) in [4.78, 5) is 21.6. The maximum absolute atomic E-state index is 13.3. The molecule has 1 aromatic heterocycles. The van der Waals surface area contributed by atoms with E-state index in [0.717, 1.165) is 44.6 Å². The van der Waals surface area contributed by atoms with Crippen LogP contribution in [0.3, 0.4) is 0 Å². The first kappa shape index (κ1) is 17.6. The van der Waals surface area contributed by atoms with Crippen molar-refractivity contribution in [3.63, 3.8) is 0 Å². The Morgan fingerprint density at radius 2 is 2.04 bits per heavy atom. The lowest BCUT2D eigenvalue weighted by atomic mass is 10.0. The zero-order valence-corrected chi connectivity index (χ0v) is 15.1. The number of aromatic nitrogens is 3. The van der Waals surface area contributed by atoms with Crippen LogP contribution in [0.5, 0.6) is 0 Å². The van der Waals surface area contributed by atoms with Gasteiger partial charge in [-0.2, -0.15) is 5.10 Å². The fourth-order valence-electron chi connectivity index (χ4n) is 3.76. The molecule has 134 valence electrons. The van der Waals surface area contributed by atoms with Crippen LogP contribution in [0.15, 0.2) is 43.0 Å². The van der Waals surface area contributed by atoms with Crippen LogP contribution >= 0.6 is 0 Å². The third-order valence-corrected chi connectivity index (χ3v) is 5.04. The average molecular weight is 341 g/mol. The van der Waals surface area contributed by atoms with Crippen molar-refractivity contribution in [2.75, 3.05) is 19.6 Å². The molecule has 2 aromatic rings. The van der Waals surface area contributed by atoms with Crippen molar-refractivity contribution in [3.05, 3.63) is 48.5 Å². The Morgan fingerprint density at radius 3 is 2.68 bits per heavy atom. The predicted octanol–water partition coefficient (Wildman–Crippen LogP) is 2.35. The van der Waals surface area contributed by atoms with Crippen molar-refractivity contribution in [1.82, 2.24) is 24.6 Å². The molecule has 1 aliphatic heterocycles. The molecule has 1 amide bonds. The monoisotopic (exact) mass is 341 g/mol. The molecule has 0 N–H and O–H groups in total. The predicted molar refractivity (Wildman–Crippen MR) is 96.9 cm³/mol. The highest BCUT2D eigenvalue weighted by molar-refractivity contribution is 5.83. The summed E-state index contributed by atoms with van der Waals surface area (Å²) in [7, 11) is 0. The van der Waals surface area contributed by atoms with Gasteiger partial charge in [0.1, 0.15) is 18.7 Å². The molecule has 2 unspecified atom stereocenters.